The molecule has 1 aromatic carbocycles. The van der Waals surface area contributed by atoms with E-state index in [4.69, 9.17) is 14.7 Å². The van der Waals surface area contributed by atoms with Crippen LogP contribution < -0.4 is 9.47 Å². The summed E-state index contributed by atoms with van der Waals surface area (Å²) < 4.78 is 10.6. The van der Waals surface area contributed by atoms with Crippen LogP contribution in [0.3, 0.4) is 0 Å². The molecule has 4 nitrogen and oxygen atoms in total. The Labute approximate surface area is 101 Å². The zero-order valence-corrected chi connectivity index (χ0v) is 10.1. The van der Waals surface area contributed by atoms with Crippen LogP contribution in [0.15, 0.2) is 18.2 Å². The van der Waals surface area contributed by atoms with Gasteiger partial charge in [0, 0.05) is 12.6 Å². The fourth-order valence-corrected chi connectivity index (χ4v) is 1.77. The third kappa shape index (κ3) is 2.69. The molecule has 0 amide bonds. The molecule has 1 atom stereocenters. The molecule has 0 radical (unpaired) electrons. The van der Waals surface area contributed by atoms with Crippen molar-refractivity contribution in [2.75, 3.05) is 13.8 Å². The SMILES string of the molecule is CC(CC#N)N(C)Cc1ccc2c(c1)OCO2. The van der Waals surface area contributed by atoms with Crippen molar-refractivity contribution in [3.63, 3.8) is 0 Å². The molecular weight excluding hydrogens is 216 g/mol. The van der Waals surface area contributed by atoms with Gasteiger partial charge in [-0.1, -0.05) is 6.07 Å². The molecule has 1 aromatic rings. The van der Waals surface area contributed by atoms with Gasteiger partial charge in [0.2, 0.25) is 6.79 Å². The molecule has 0 fully saturated rings. The van der Waals surface area contributed by atoms with Gasteiger partial charge in [-0.2, -0.15) is 5.26 Å². The zero-order chi connectivity index (χ0) is 12.3. The minimum absolute atomic E-state index is 0.255. The van der Waals surface area contributed by atoms with Crippen molar-refractivity contribution in [1.29, 1.82) is 5.26 Å². The Morgan fingerprint density at radius 2 is 2.18 bits per heavy atom. The van der Waals surface area contributed by atoms with Crippen LogP contribution in [0, 0.1) is 11.3 Å². The Balaban J connectivity index is 2.02. The van der Waals surface area contributed by atoms with Crippen LogP contribution >= 0.6 is 0 Å². The fourth-order valence-electron chi connectivity index (χ4n) is 1.77. The minimum Gasteiger partial charge on any atom is -0.454 e. The van der Waals surface area contributed by atoms with Crippen molar-refractivity contribution in [3.8, 4) is 17.6 Å². The third-order valence-corrected chi connectivity index (χ3v) is 3.01. The Morgan fingerprint density at radius 3 is 2.94 bits per heavy atom. The summed E-state index contributed by atoms with van der Waals surface area (Å²) in [4.78, 5) is 2.15. The average molecular weight is 232 g/mol. The molecule has 0 N–H and O–H groups in total. The molecule has 90 valence electrons. The molecule has 0 aliphatic carbocycles. The first-order chi connectivity index (χ1) is 8.20. The summed E-state index contributed by atoms with van der Waals surface area (Å²) in [5.74, 6) is 1.62. The first-order valence-corrected chi connectivity index (χ1v) is 5.66. The maximum absolute atomic E-state index is 8.67. The van der Waals surface area contributed by atoms with Gasteiger partial charge >= 0.3 is 0 Å². The van der Waals surface area contributed by atoms with Gasteiger partial charge < -0.3 is 9.47 Å². The number of nitrogens with zero attached hydrogens (tertiary/aromatic N) is 2. The number of benzene rings is 1. The van der Waals surface area contributed by atoms with Crippen molar-refractivity contribution in [2.24, 2.45) is 0 Å². The highest BCUT2D eigenvalue weighted by molar-refractivity contribution is 5.44. The van der Waals surface area contributed by atoms with E-state index in [9.17, 15) is 0 Å². The molecule has 4 heteroatoms. The molecule has 1 unspecified atom stereocenters. The molecule has 0 spiro atoms. The molecule has 2 rings (SSSR count). The molecule has 0 saturated heterocycles. The summed E-state index contributed by atoms with van der Waals surface area (Å²) in [6.45, 7) is 3.16. The van der Waals surface area contributed by atoms with E-state index < -0.39 is 0 Å². The predicted molar refractivity (Wildman–Crippen MR) is 63.7 cm³/mol. The lowest BCUT2D eigenvalue weighted by atomic mass is 10.1. The number of hydrogen-bond donors (Lipinski definition) is 0. The monoisotopic (exact) mass is 232 g/mol. The Hall–Kier alpha value is -1.73. The van der Waals surface area contributed by atoms with Crippen LogP contribution in [0.1, 0.15) is 18.9 Å². The van der Waals surface area contributed by atoms with Crippen molar-refractivity contribution >= 4 is 0 Å². The van der Waals surface area contributed by atoms with Crippen LogP contribution in [-0.4, -0.2) is 24.8 Å². The predicted octanol–water partition coefficient (Wildman–Crippen LogP) is 2.15. The van der Waals surface area contributed by atoms with Crippen molar-refractivity contribution in [3.05, 3.63) is 23.8 Å². The highest BCUT2D eigenvalue weighted by Crippen LogP contribution is 2.32. The zero-order valence-electron chi connectivity index (χ0n) is 10.1. The van der Waals surface area contributed by atoms with Crippen LogP contribution in [0.2, 0.25) is 0 Å². The maximum Gasteiger partial charge on any atom is 0.231 e. The van der Waals surface area contributed by atoms with Gasteiger partial charge in [-0.05, 0) is 31.7 Å². The van der Waals surface area contributed by atoms with Crippen molar-refractivity contribution in [2.45, 2.75) is 25.9 Å². The second-order valence-electron chi connectivity index (χ2n) is 4.31. The molecule has 1 heterocycles. The lowest BCUT2D eigenvalue weighted by Gasteiger charge is -2.22. The number of hydrogen-bond acceptors (Lipinski definition) is 4. The second-order valence-corrected chi connectivity index (χ2v) is 4.31. The second kappa shape index (κ2) is 5.07. The summed E-state index contributed by atoms with van der Waals surface area (Å²) in [7, 11) is 2.02. The molecule has 0 saturated carbocycles. The smallest absolute Gasteiger partial charge is 0.231 e. The van der Waals surface area contributed by atoms with E-state index in [1.165, 1.54) is 5.56 Å². The topological polar surface area (TPSA) is 45.5 Å². The fraction of sp³-hybridized carbons (Fsp3) is 0.462. The summed E-state index contributed by atoms with van der Waals surface area (Å²) >= 11 is 0. The summed E-state index contributed by atoms with van der Waals surface area (Å²) in [5.41, 5.74) is 1.17. The molecular formula is C13H16N2O2. The largest absolute Gasteiger partial charge is 0.454 e. The normalized spacial score (nSPS) is 14.7. The Kier molecular flexibility index (Phi) is 3.50. The Morgan fingerprint density at radius 1 is 1.41 bits per heavy atom. The van der Waals surface area contributed by atoms with Gasteiger partial charge in [-0.15, -0.1) is 0 Å². The first kappa shape index (κ1) is 11.7. The minimum atomic E-state index is 0.255. The van der Waals surface area contributed by atoms with Crippen LogP contribution in [0.4, 0.5) is 0 Å². The number of rotatable bonds is 4. The van der Waals surface area contributed by atoms with Gasteiger partial charge in [-0.3, -0.25) is 4.90 Å². The van der Waals surface area contributed by atoms with E-state index in [-0.39, 0.29) is 6.04 Å². The lowest BCUT2D eigenvalue weighted by molar-refractivity contribution is 0.174. The van der Waals surface area contributed by atoms with Crippen molar-refractivity contribution in [1.82, 2.24) is 4.90 Å². The van der Waals surface area contributed by atoms with Gasteiger partial charge in [0.05, 0.1) is 12.5 Å². The number of fused-ring (bicyclic) bond motifs is 1. The van der Waals surface area contributed by atoms with E-state index in [0.717, 1.165) is 18.0 Å². The lowest BCUT2D eigenvalue weighted by Crippen LogP contribution is -2.28. The highest BCUT2D eigenvalue weighted by Gasteiger charge is 2.15. The standard InChI is InChI=1S/C13H16N2O2/c1-10(5-6-14)15(2)8-11-3-4-12-13(7-11)17-9-16-12/h3-4,7,10H,5,8-9H2,1-2H3. The molecule has 1 aliphatic rings. The van der Waals surface area contributed by atoms with Gasteiger partial charge in [0.1, 0.15) is 0 Å². The molecule has 17 heavy (non-hydrogen) atoms. The molecule has 0 aromatic heterocycles. The van der Waals surface area contributed by atoms with Crippen LogP contribution in [-0.2, 0) is 6.54 Å². The number of ether oxygens (including phenoxy) is 2. The summed E-state index contributed by atoms with van der Waals surface area (Å²) in [6.07, 6.45) is 0.543. The van der Waals surface area contributed by atoms with Gasteiger partial charge in [0.15, 0.2) is 11.5 Å². The molecule has 1 aliphatic heterocycles. The highest BCUT2D eigenvalue weighted by atomic mass is 16.7. The first-order valence-electron chi connectivity index (χ1n) is 5.66. The van der Waals surface area contributed by atoms with Gasteiger partial charge in [-0.25, -0.2) is 0 Å². The quantitative estimate of drug-likeness (QED) is 0.798. The molecule has 0 bridgehead atoms. The van der Waals surface area contributed by atoms with Crippen LogP contribution in [0.25, 0.3) is 0 Å². The van der Waals surface area contributed by atoms with E-state index in [2.05, 4.69) is 17.9 Å². The summed E-state index contributed by atoms with van der Waals surface area (Å²) in [5, 5.41) is 8.67. The van der Waals surface area contributed by atoms with Gasteiger partial charge in [0.25, 0.3) is 0 Å². The van der Waals surface area contributed by atoms with Crippen molar-refractivity contribution < 1.29 is 9.47 Å². The van der Waals surface area contributed by atoms with E-state index in [1.54, 1.807) is 0 Å². The van der Waals surface area contributed by atoms with E-state index in [1.807, 2.05) is 25.2 Å². The third-order valence-electron chi connectivity index (χ3n) is 3.01. The average Bonchev–Trinajstić information content (AvgIpc) is 2.76. The van der Waals surface area contributed by atoms with E-state index in [0.29, 0.717) is 13.2 Å². The number of nitriles is 1. The Bertz CT molecular complexity index is 440. The van der Waals surface area contributed by atoms with Crippen LogP contribution in [0.5, 0.6) is 11.5 Å². The maximum atomic E-state index is 8.67. The van der Waals surface area contributed by atoms with E-state index >= 15 is 0 Å². The summed E-state index contributed by atoms with van der Waals surface area (Å²) in [6, 6.07) is 8.40.